The van der Waals surface area contributed by atoms with Gasteiger partial charge in [-0.3, -0.25) is 4.98 Å². The molecule has 4 aromatic rings. The largest absolute Gasteiger partial charge is 0.352 e. The average Bonchev–Trinajstić information content (AvgIpc) is 3.40. The summed E-state index contributed by atoms with van der Waals surface area (Å²) in [5.74, 6) is 0. The van der Waals surface area contributed by atoms with E-state index < -0.39 is 0 Å². The van der Waals surface area contributed by atoms with E-state index in [-0.39, 0.29) is 12.1 Å². The van der Waals surface area contributed by atoms with E-state index in [4.69, 9.17) is 12.2 Å². The van der Waals surface area contributed by atoms with Crippen molar-refractivity contribution < 1.29 is 0 Å². The highest BCUT2D eigenvalue weighted by Gasteiger charge is 2.41. The third kappa shape index (κ3) is 3.84. The predicted octanol–water partition coefficient (Wildman–Crippen LogP) is 5.35. The summed E-state index contributed by atoms with van der Waals surface area (Å²) in [4.78, 5) is 6.93. The van der Waals surface area contributed by atoms with Crippen molar-refractivity contribution in [3.63, 3.8) is 0 Å². The number of thiocarbonyl (C=S) groups is 1. The third-order valence-corrected chi connectivity index (χ3v) is 6.14. The van der Waals surface area contributed by atoms with Gasteiger partial charge in [0.05, 0.1) is 17.8 Å². The van der Waals surface area contributed by atoms with E-state index >= 15 is 0 Å². The number of aryl methyl sites for hydroxylation is 1. The molecule has 2 aromatic heterocycles. The number of hydrogen-bond donors (Lipinski definition) is 1. The smallest absolute Gasteiger partial charge is 0.170 e. The van der Waals surface area contributed by atoms with Gasteiger partial charge in [-0.25, -0.2) is 0 Å². The van der Waals surface area contributed by atoms with Crippen molar-refractivity contribution in [3.8, 4) is 5.69 Å². The van der Waals surface area contributed by atoms with Crippen LogP contribution in [0.5, 0.6) is 0 Å². The Morgan fingerprint density at radius 3 is 2.42 bits per heavy atom. The second kappa shape index (κ2) is 8.36. The molecule has 0 radical (unpaired) electrons. The second-order valence-electron chi connectivity index (χ2n) is 7.88. The second-order valence-corrected chi connectivity index (χ2v) is 8.27. The summed E-state index contributed by atoms with van der Waals surface area (Å²) in [6.45, 7) is 2.85. The van der Waals surface area contributed by atoms with Crippen LogP contribution in [0.1, 0.15) is 34.6 Å². The zero-order valence-electron chi connectivity index (χ0n) is 17.3. The molecule has 1 N–H and O–H groups in total. The summed E-state index contributed by atoms with van der Waals surface area (Å²) in [7, 11) is 0. The summed E-state index contributed by atoms with van der Waals surface area (Å²) in [6, 6.07) is 29.4. The number of hydrogen-bond acceptors (Lipinski definition) is 2. The van der Waals surface area contributed by atoms with Crippen LogP contribution in [-0.4, -0.2) is 19.6 Å². The van der Waals surface area contributed by atoms with Crippen LogP contribution in [0.4, 0.5) is 0 Å². The van der Waals surface area contributed by atoms with Crippen LogP contribution in [0.25, 0.3) is 5.69 Å². The average molecular weight is 425 g/mol. The van der Waals surface area contributed by atoms with Gasteiger partial charge in [0.15, 0.2) is 5.11 Å². The Kier molecular flexibility index (Phi) is 5.26. The number of benzene rings is 2. The molecular formula is C26H24N4S. The molecule has 0 aliphatic carbocycles. The molecule has 4 nitrogen and oxygen atoms in total. The molecule has 1 fully saturated rings. The number of pyridine rings is 1. The fourth-order valence-corrected chi connectivity index (χ4v) is 4.56. The van der Waals surface area contributed by atoms with Crippen LogP contribution in [0, 0.1) is 6.92 Å². The fraction of sp³-hybridized carbons (Fsp3) is 0.154. The van der Waals surface area contributed by atoms with Gasteiger partial charge in [-0.2, -0.15) is 0 Å². The summed E-state index contributed by atoms with van der Waals surface area (Å²) < 4.78 is 2.26. The lowest BCUT2D eigenvalue weighted by Crippen LogP contribution is -2.30. The molecule has 3 heterocycles. The first-order chi connectivity index (χ1) is 15.2. The molecule has 0 saturated carbocycles. The number of nitrogens with zero attached hydrogens (tertiary/aromatic N) is 3. The Balaban J connectivity index is 1.60. The minimum absolute atomic E-state index is 0.0129. The Hall–Kier alpha value is -3.44. The van der Waals surface area contributed by atoms with E-state index in [1.165, 1.54) is 16.8 Å². The molecule has 2 unspecified atom stereocenters. The van der Waals surface area contributed by atoms with Gasteiger partial charge in [-0.05, 0) is 61.1 Å². The molecule has 2 atom stereocenters. The maximum Gasteiger partial charge on any atom is 0.170 e. The molecule has 2 aromatic carbocycles. The lowest BCUT2D eigenvalue weighted by atomic mass is 10.0. The first kappa shape index (κ1) is 19.5. The maximum absolute atomic E-state index is 5.82. The Morgan fingerprint density at radius 2 is 1.68 bits per heavy atom. The molecule has 0 spiro atoms. The molecule has 1 aliphatic heterocycles. The molecule has 0 amide bonds. The third-order valence-electron chi connectivity index (χ3n) is 5.79. The first-order valence-electron chi connectivity index (χ1n) is 10.5. The van der Waals surface area contributed by atoms with Crippen molar-refractivity contribution in [1.29, 1.82) is 0 Å². The number of nitrogens with one attached hydrogen (secondary N) is 1. The van der Waals surface area contributed by atoms with E-state index in [0.29, 0.717) is 0 Å². The summed E-state index contributed by atoms with van der Waals surface area (Å²) in [5, 5.41) is 4.30. The minimum atomic E-state index is -0.0310. The minimum Gasteiger partial charge on any atom is -0.352 e. The van der Waals surface area contributed by atoms with Crippen molar-refractivity contribution in [2.24, 2.45) is 0 Å². The van der Waals surface area contributed by atoms with Crippen molar-refractivity contribution in [3.05, 3.63) is 120 Å². The summed E-state index contributed by atoms with van der Waals surface area (Å²) in [6.07, 6.45) is 3.97. The number of rotatable bonds is 5. The topological polar surface area (TPSA) is 33.1 Å². The van der Waals surface area contributed by atoms with E-state index in [1.807, 2.05) is 24.4 Å². The zero-order valence-corrected chi connectivity index (χ0v) is 18.2. The van der Waals surface area contributed by atoms with Gasteiger partial charge < -0.3 is 14.8 Å². The van der Waals surface area contributed by atoms with Crippen molar-refractivity contribution >= 4 is 17.3 Å². The summed E-state index contributed by atoms with van der Waals surface area (Å²) in [5.41, 5.74) is 5.79. The lowest BCUT2D eigenvalue weighted by molar-refractivity contribution is 0.302. The van der Waals surface area contributed by atoms with Crippen LogP contribution < -0.4 is 5.32 Å². The van der Waals surface area contributed by atoms with E-state index in [2.05, 4.69) is 99.6 Å². The Morgan fingerprint density at radius 1 is 0.903 bits per heavy atom. The molecule has 5 rings (SSSR count). The Labute approximate surface area is 188 Å². The van der Waals surface area contributed by atoms with Crippen molar-refractivity contribution in [2.75, 3.05) is 0 Å². The van der Waals surface area contributed by atoms with E-state index in [1.54, 1.807) is 0 Å². The lowest BCUT2D eigenvalue weighted by Gasteiger charge is -2.29. The van der Waals surface area contributed by atoms with E-state index in [0.717, 1.165) is 23.0 Å². The maximum atomic E-state index is 5.82. The molecule has 5 heteroatoms. The van der Waals surface area contributed by atoms with Crippen molar-refractivity contribution in [2.45, 2.75) is 25.6 Å². The van der Waals surface area contributed by atoms with Gasteiger partial charge in [0.25, 0.3) is 0 Å². The van der Waals surface area contributed by atoms with E-state index in [9.17, 15) is 0 Å². The van der Waals surface area contributed by atoms with Crippen LogP contribution in [-0.2, 0) is 6.54 Å². The SMILES string of the molecule is Cc1ccc(-n2cccc2C2C(c3ccccn3)NC(=S)N2Cc2ccccc2)cc1. The highest BCUT2D eigenvalue weighted by atomic mass is 32.1. The normalized spacial score (nSPS) is 18.2. The highest BCUT2D eigenvalue weighted by Crippen LogP contribution is 2.40. The molecule has 0 bridgehead atoms. The van der Waals surface area contributed by atoms with Gasteiger partial charge in [-0.15, -0.1) is 0 Å². The Bertz CT molecular complexity index is 1170. The van der Waals surface area contributed by atoms with Gasteiger partial charge in [-0.1, -0.05) is 54.1 Å². The predicted molar refractivity (Wildman–Crippen MR) is 128 cm³/mol. The molecule has 1 saturated heterocycles. The zero-order chi connectivity index (χ0) is 21.2. The van der Waals surface area contributed by atoms with Crippen molar-refractivity contribution in [1.82, 2.24) is 19.8 Å². The van der Waals surface area contributed by atoms with Crippen LogP contribution in [0.2, 0.25) is 0 Å². The molecule has 154 valence electrons. The quantitative estimate of drug-likeness (QED) is 0.438. The highest BCUT2D eigenvalue weighted by molar-refractivity contribution is 7.80. The monoisotopic (exact) mass is 424 g/mol. The molecular weight excluding hydrogens is 400 g/mol. The van der Waals surface area contributed by atoms with Crippen LogP contribution >= 0.6 is 12.2 Å². The van der Waals surface area contributed by atoms with Gasteiger partial charge in [0, 0.05) is 30.3 Å². The standard InChI is InChI=1S/C26H24N4S/c1-19-12-14-21(15-13-19)29-17-7-11-23(29)25-24(22-10-5-6-16-27-22)28-26(31)30(25)18-20-8-3-2-4-9-20/h2-17,24-25H,18H2,1H3,(H,28,31). The van der Waals surface area contributed by atoms with Gasteiger partial charge >= 0.3 is 0 Å². The van der Waals surface area contributed by atoms with Gasteiger partial charge in [0.2, 0.25) is 0 Å². The molecule has 1 aliphatic rings. The summed E-state index contributed by atoms with van der Waals surface area (Å²) >= 11 is 5.82. The van der Waals surface area contributed by atoms with Crippen LogP contribution in [0.3, 0.4) is 0 Å². The van der Waals surface area contributed by atoms with Gasteiger partial charge in [0.1, 0.15) is 0 Å². The fourth-order valence-electron chi connectivity index (χ4n) is 4.25. The first-order valence-corrected chi connectivity index (χ1v) is 10.9. The molecule has 31 heavy (non-hydrogen) atoms. The number of aromatic nitrogens is 2. The van der Waals surface area contributed by atoms with Crippen LogP contribution in [0.15, 0.2) is 97.3 Å².